The molecule has 0 heterocycles. The smallest absolute Gasteiger partial charge is 0.240 e. The van der Waals surface area contributed by atoms with Crippen LogP contribution in [-0.4, -0.2) is 21.0 Å². The first kappa shape index (κ1) is 16.5. The Morgan fingerprint density at radius 2 is 1.81 bits per heavy atom. The topological polar surface area (TPSA) is 58.2 Å². The SMILES string of the molecule is CCCNC(C)c1ccc(S(=O)(=O)NC2CCCC2)cc1. The highest BCUT2D eigenvalue weighted by Gasteiger charge is 2.22. The molecular formula is C16H26N2O2S. The highest BCUT2D eigenvalue weighted by atomic mass is 32.2. The van der Waals surface area contributed by atoms with Gasteiger partial charge in [-0.25, -0.2) is 13.1 Å². The molecule has 1 saturated carbocycles. The van der Waals surface area contributed by atoms with Crippen LogP contribution in [0.15, 0.2) is 29.2 Å². The van der Waals surface area contributed by atoms with Crippen molar-refractivity contribution in [3.05, 3.63) is 29.8 Å². The Hall–Kier alpha value is -0.910. The fourth-order valence-corrected chi connectivity index (χ4v) is 4.05. The molecule has 0 bridgehead atoms. The average molecular weight is 310 g/mol. The summed E-state index contributed by atoms with van der Waals surface area (Å²) in [6.07, 6.45) is 5.23. The molecule has 0 spiro atoms. The highest BCUT2D eigenvalue weighted by molar-refractivity contribution is 7.89. The molecule has 1 aromatic rings. The van der Waals surface area contributed by atoms with Crippen LogP contribution in [0.2, 0.25) is 0 Å². The number of hydrogen-bond donors (Lipinski definition) is 2. The van der Waals surface area contributed by atoms with Crippen molar-refractivity contribution >= 4 is 10.0 Å². The van der Waals surface area contributed by atoms with Crippen molar-refractivity contribution in [1.29, 1.82) is 0 Å². The molecule has 4 nitrogen and oxygen atoms in total. The minimum atomic E-state index is -3.37. The number of benzene rings is 1. The minimum absolute atomic E-state index is 0.111. The van der Waals surface area contributed by atoms with Gasteiger partial charge < -0.3 is 5.32 Å². The largest absolute Gasteiger partial charge is 0.310 e. The van der Waals surface area contributed by atoms with E-state index in [1.54, 1.807) is 12.1 Å². The van der Waals surface area contributed by atoms with E-state index in [0.717, 1.165) is 44.2 Å². The van der Waals surface area contributed by atoms with Crippen LogP contribution >= 0.6 is 0 Å². The molecule has 1 aliphatic carbocycles. The van der Waals surface area contributed by atoms with Crippen LogP contribution in [-0.2, 0) is 10.0 Å². The maximum absolute atomic E-state index is 12.3. The lowest BCUT2D eigenvalue weighted by atomic mass is 10.1. The van der Waals surface area contributed by atoms with E-state index in [0.29, 0.717) is 4.90 Å². The van der Waals surface area contributed by atoms with Crippen molar-refractivity contribution in [1.82, 2.24) is 10.0 Å². The van der Waals surface area contributed by atoms with Crippen LogP contribution in [0.4, 0.5) is 0 Å². The molecule has 0 aromatic heterocycles. The van der Waals surface area contributed by atoms with Gasteiger partial charge in [-0.2, -0.15) is 0 Å². The third-order valence-electron chi connectivity index (χ3n) is 4.07. The summed E-state index contributed by atoms with van der Waals surface area (Å²) in [7, 11) is -3.37. The molecule has 5 heteroatoms. The van der Waals surface area contributed by atoms with Gasteiger partial charge in [0.1, 0.15) is 0 Å². The lowest BCUT2D eigenvalue weighted by Gasteiger charge is -2.15. The van der Waals surface area contributed by atoms with Crippen LogP contribution in [0.5, 0.6) is 0 Å². The second-order valence-electron chi connectivity index (χ2n) is 5.85. The molecule has 0 aliphatic heterocycles. The van der Waals surface area contributed by atoms with E-state index in [9.17, 15) is 8.42 Å². The van der Waals surface area contributed by atoms with Gasteiger partial charge in [-0.15, -0.1) is 0 Å². The first-order chi connectivity index (χ1) is 10.0. The number of hydrogen-bond acceptors (Lipinski definition) is 3. The van der Waals surface area contributed by atoms with Crippen LogP contribution < -0.4 is 10.0 Å². The molecular weight excluding hydrogens is 284 g/mol. The van der Waals surface area contributed by atoms with Gasteiger partial charge in [0.25, 0.3) is 0 Å². The van der Waals surface area contributed by atoms with Crippen LogP contribution in [0.25, 0.3) is 0 Å². The van der Waals surface area contributed by atoms with Gasteiger partial charge in [-0.1, -0.05) is 31.9 Å². The average Bonchev–Trinajstić information content (AvgIpc) is 2.97. The summed E-state index contributed by atoms with van der Waals surface area (Å²) in [6.45, 7) is 5.19. The summed E-state index contributed by atoms with van der Waals surface area (Å²) in [5.74, 6) is 0. The van der Waals surface area contributed by atoms with Crippen molar-refractivity contribution in [2.75, 3.05) is 6.54 Å². The van der Waals surface area contributed by atoms with E-state index >= 15 is 0 Å². The zero-order valence-corrected chi connectivity index (χ0v) is 13.7. The Morgan fingerprint density at radius 1 is 1.19 bits per heavy atom. The summed E-state index contributed by atoms with van der Waals surface area (Å²) in [6, 6.07) is 7.56. The van der Waals surface area contributed by atoms with E-state index in [4.69, 9.17) is 0 Å². The van der Waals surface area contributed by atoms with Gasteiger partial charge >= 0.3 is 0 Å². The first-order valence-electron chi connectivity index (χ1n) is 7.88. The quantitative estimate of drug-likeness (QED) is 0.814. The molecule has 0 amide bonds. The van der Waals surface area contributed by atoms with E-state index < -0.39 is 10.0 Å². The Bertz CT molecular complexity index is 534. The normalized spacial score (nSPS) is 18.0. The first-order valence-corrected chi connectivity index (χ1v) is 9.37. The Labute approximate surface area is 128 Å². The molecule has 0 saturated heterocycles. The van der Waals surface area contributed by atoms with Crippen LogP contribution in [0.3, 0.4) is 0 Å². The fourth-order valence-electron chi connectivity index (χ4n) is 2.75. The van der Waals surface area contributed by atoms with Gasteiger partial charge in [0.15, 0.2) is 0 Å². The standard InChI is InChI=1S/C16H26N2O2S/c1-3-12-17-13(2)14-8-10-16(11-9-14)21(19,20)18-15-6-4-5-7-15/h8-11,13,15,17-18H,3-7,12H2,1-2H3. The van der Waals surface area contributed by atoms with Gasteiger partial charge in [-0.05, 0) is 50.4 Å². The van der Waals surface area contributed by atoms with Crippen LogP contribution in [0, 0.1) is 0 Å². The Balaban J connectivity index is 2.03. The third kappa shape index (κ3) is 4.53. The van der Waals surface area contributed by atoms with Gasteiger partial charge in [0.05, 0.1) is 4.90 Å². The van der Waals surface area contributed by atoms with E-state index in [1.807, 2.05) is 12.1 Å². The van der Waals surface area contributed by atoms with Gasteiger partial charge in [0, 0.05) is 12.1 Å². The van der Waals surface area contributed by atoms with Crippen molar-refractivity contribution in [2.45, 2.75) is 62.9 Å². The second kappa shape index (κ2) is 7.38. The molecule has 2 N–H and O–H groups in total. The minimum Gasteiger partial charge on any atom is -0.310 e. The predicted octanol–water partition coefficient (Wildman–Crippen LogP) is 2.97. The summed E-state index contributed by atoms with van der Waals surface area (Å²) in [5, 5.41) is 3.40. The highest BCUT2D eigenvalue weighted by Crippen LogP contribution is 2.21. The molecule has 21 heavy (non-hydrogen) atoms. The van der Waals surface area contributed by atoms with Gasteiger partial charge in [0.2, 0.25) is 10.0 Å². The van der Waals surface area contributed by atoms with Crippen molar-refractivity contribution in [2.24, 2.45) is 0 Å². The fraction of sp³-hybridized carbons (Fsp3) is 0.625. The predicted molar refractivity (Wildman–Crippen MR) is 85.7 cm³/mol. The second-order valence-corrected chi connectivity index (χ2v) is 7.56. The molecule has 1 unspecified atom stereocenters. The zero-order valence-electron chi connectivity index (χ0n) is 12.9. The molecule has 0 radical (unpaired) electrons. The van der Waals surface area contributed by atoms with E-state index in [2.05, 4.69) is 23.9 Å². The summed E-state index contributed by atoms with van der Waals surface area (Å²) < 4.78 is 27.4. The van der Waals surface area contributed by atoms with Crippen molar-refractivity contribution in [3.63, 3.8) is 0 Å². The zero-order chi connectivity index (χ0) is 15.3. The molecule has 1 atom stereocenters. The maximum Gasteiger partial charge on any atom is 0.240 e. The molecule has 1 aromatic carbocycles. The molecule has 2 rings (SSSR count). The summed E-state index contributed by atoms with van der Waals surface area (Å²) >= 11 is 0. The summed E-state index contributed by atoms with van der Waals surface area (Å²) in [5.41, 5.74) is 1.11. The molecule has 1 aliphatic rings. The monoisotopic (exact) mass is 310 g/mol. The van der Waals surface area contributed by atoms with Gasteiger partial charge in [-0.3, -0.25) is 0 Å². The third-order valence-corrected chi connectivity index (χ3v) is 5.60. The van der Waals surface area contributed by atoms with Crippen LogP contribution in [0.1, 0.15) is 57.6 Å². The number of nitrogens with one attached hydrogen (secondary N) is 2. The Kier molecular flexibility index (Phi) is 5.79. The summed E-state index contributed by atoms with van der Waals surface area (Å²) in [4.78, 5) is 0.362. The Morgan fingerprint density at radius 3 is 2.38 bits per heavy atom. The lowest BCUT2D eigenvalue weighted by Crippen LogP contribution is -2.32. The molecule has 118 valence electrons. The maximum atomic E-state index is 12.3. The van der Waals surface area contributed by atoms with Crippen molar-refractivity contribution in [3.8, 4) is 0 Å². The lowest BCUT2D eigenvalue weighted by molar-refractivity contribution is 0.551. The number of rotatable bonds is 7. The van der Waals surface area contributed by atoms with E-state index in [-0.39, 0.29) is 12.1 Å². The number of sulfonamides is 1. The van der Waals surface area contributed by atoms with Crippen molar-refractivity contribution < 1.29 is 8.42 Å². The van der Waals surface area contributed by atoms with E-state index in [1.165, 1.54) is 0 Å². The molecule has 1 fully saturated rings.